The zero-order valence-electron chi connectivity index (χ0n) is 18.4. The van der Waals surface area contributed by atoms with Gasteiger partial charge in [-0.3, -0.25) is 9.89 Å². The van der Waals surface area contributed by atoms with E-state index in [9.17, 15) is 0 Å². The van der Waals surface area contributed by atoms with E-state index in [1.807, 2.05) is 7.05 Å². The average molecular weight is 530 g/mol. The summed E-state index contributed by atoms with van der Waals surface area (Å²) in [6.07, 6.45) is 3.43. The van der Waals surface area contributed by atoms with Crippen molar-refractivity contribution in [3.63, 3.8) is 0 Å². The van der Waals surface area contributed by atoms with Crippen molar-refractivity contribution in [1.82, 2.24) is 15.1 Å². The number of fused-ring (bicyclic) bond motifs is 1. The Balaban J connectivity index is 0.00000256. The summed E-state index contributed by atoms with van der Waals surface area (Å²) in [5, 5.41) is 3.58. The topological polar surface area (TPSA) is 58.6 Å². The highest BCUT2D eigenvalue weighted by Gasteiger charge is 2.42. The van der Waals surface area contributed by atoms with Crippen LogP contribution in [0.1, 0.15) is 24.0 Å². The molecule has 0 amide bonds. The number of benzene rings is 1. The first-order valence-electron chi connectivity index (χ1n) is 10.7. The normalized spacial score (nSPS) is 24.0. The van der Waals surface area contributed by atoms with E-state index in [1.165, 1.54) is 24.0 Å². The quantitative estimate of drug-likeness (QED) is 0.359. The number of halogens is 1. The SMILES string of the molecule is CN=C(NCCN1CCc2cc(OC)c(OC)cc2C1)N1CCC2(CCOC2)C1.I. The van der Waals surface area contributed by atoms with Crippen molar-refractivity contribution >= 4 is 29.9 Å². The van der Waals surface area contributed by atoms with Gasteiger partial charge in [0.05, 0.1) is 20.8 Å². The lowest BCUT2D eigenvalue weighted by atomic mass is 9.87. The molecular weight excluding hydrogens is 495 g/mol. The molecule has 2 fully saturated rings. The van der Waals surface area contributed by atoms with Crippen LogP contribution in [0.15, 0.2) is 17.1 Å². The lowest BCUT2D eigenvalue weighted by Gasteiger charge is -2.30. The molecule has 1 unspecified atom stereocenters. The molecular formula is C22H35IN4O3. The van der Waals surface area contributed by atoms with Crippen LogP contribution in [0.2, 0.25) is 0 Å². The number of likely N-dealkylation sites (tertiary alicyclic amines) is 1. The van der Waals surface area contributed by atoms with Crippen molar-refractivity contribution in [2.45, 2.75) is 25.8 Å². The number of nitrogens with zero attached hydrogens (tertiary/aromatic N) is 3. The van der Waals surface area contributed by atoms with E-state index in [4.69, 9.17) is 14.2 Å². The van der Waals surface area contributed by atoms with E-state index >= 15 is 0 Å². The second kappa shape index (κ2) is 10.4. The van der Waals surface area contributed by atoms with Gasteiger partial charge in [-0.25, -0.2) is 0 Å². The maximum absolute atomic E-state index is 5.65. The van der Waals surface area contributed by atoms with E-state index in [-0.39, 0.29) is 24.0 Å². The first-order valence-corrected chi connectivity index (χ1v) is 10.7. The molecule has 3 aliphatic rings. The van der Waals surface area contributed by atoms with Crippen LogP contribution in [0.4, 0.5) is 0 Å². The predicted octanol–water partition coefficient (Wildman–Crippen LogP) is 2.37. The van der Waals surface area contributed by atoms with Gasteiger partial charge >= 0.3 is 0 Å². The molecule has 0 radical (unpaired) electrons. The first-order chi connectivity index (χ1) is 14.2. The molecule has 2 saturated heterocycles. The summed E-state index contributed by atoms with van der Waals surface area (Å²) in [5.74, 6) is 2.66. The van der Waals surface area contributed by atoms with Crippen molar-refractivity contribution in [1.29, 1.82) is 0 Å². The van der Waals surface area contributed by atoms with Crippen LogP contribution < -0.4 is 14.8 Å². The largest absolute Gasteiger partial charge is 0.493 e. The third-order valence-corrected chi connectivity index (χ3v) is 6.64. The van der Waals surface area contributed by atoms with E-state index in [1.54, 1.807) is 14.2 Å². The van der Waals surface area contributed by atoms with Gasteiger partial charge < -0.3 is 24.4 Å². The van der Waals surface area contributed by atoms with Gasteiger partial charge in [0.2, 0.25) is 0 Å². The van der Waals surface area contributed by atoms with Crippen molar-refractivity contribution in [2.24, 2.45) is 10.4 Å². The number of hydrogen-bond donors (Lipinski definition) is 1. The number of hydrogen-bond acceptors (Lipinski definition) is 5. The van der Waals surface area contributed by atoms with Crippen LogP contribution in [0.25, 0.3) is 0 Å². The fraction of sp³-hybridized carbons (Fsp3) is 0.682. The van der Waals surface area contributed by atoms with Gasteiger partial charge in [-0.05, 0) is 42.5 Å². The van der Waals surface area contributed by atoms with Gasteiger partial charge in [0, 0.05) is 58.3 Å². The smallest absolute Gasteiger partial charge is 0.193 e. The summed E-state index contributed by atoms with van der Waals surface area (Å²) < 4.78 is 16.6. The van der Waals surface area contributed by atoms with Gasteiger partial charge in [0.15, 0.2) is 17.5 Å². The fourth-order valence-electron chi connectivity index (χ4n) is 4.88. The van der Waals surface area contributed by atoms with Gasteiger partial charge in [-0.1, -0.05) is 0 Å². The zero-order chi connectivity index (χ0) is 20.3. The monoisotopic (exact) mass is 530 g/mol. The van der Waals surface area contributed by atoms with Crippen LogP contribution in [0.5, 0.6) is 11.5 Å². The Kier molecular flexibility index (Phi) is 8.09. The van der Waals surface area contributed by atoms with Gasteiger partial charge in [-0.2, -0.15) is 0 Å². The van der Waals surface area contributed by atoms with Crippen molar-refractivity contribution in [2.75, 3.05) is 67.2 Å². The summed E-state index contributed by atoms with van der Waals surface area (Å²) >= 11 is 0. The molecule has 3 aliphatic heterocycles. The van der Waals surface area contributed by atoms with Gasteiger partial charge in [0.1, 0.15) is 0 Å². The summed E-state index contributed by atoms with van der Waals surface area (Å²) in [6.45, 7) is 7.85. The molecule has 4 rings (SSSR count). The summed E-state index contributed by atoms with van der Waals surface area (Å²) in [6, 6.07) is 4.25. The number of ether oxygens (including phenoxy) is 3. The second-order valence-corrected chi connectivity index (χ2v) is 8.45. The Morgan fingerprint density at radius 1 is 1.17 bits per heavy atom. The molecule has 8 heteroatoms. The van der Waals surface area contributed by atoms with E-state index in [0.29, 0.717) is 5.41 Å². The van der Waals surface area contributed by atoms with Gasteiger partial charge in [0.25, 0.3) is 0 Å². The first kappa shape index (κ1) is 23.4. The van der Waals surface area contributed by atoms with E-state index < -0.39 is 0 Å². The Morgan fingerprint density at radius 2 is 1.93 bits per heavy atom. The molecule has 0 aromatic heterocycles. The maximum Gasteiger partial charge on any atom is 0.193 e. The number of guanidine groups is 1. The molecule has 1 aromatic carbocycles. The predicted molar refractivity (Wildman–Crippen MR) is 129 cm³/mol. The lowest BCUT2D eigenvalue weighted by Crippen LogP contribution is -2.44. The third kappa shape index (κ3) is 4.96. The highest BCUT2D eigenvalue weighted by atomic mass is 127. The van der Waals surface area contributed by atoms with E-state index in [2.05, 4.69) is 32.2 Å². The number of nitrogens with one attached hydrogen (secondary N) is 1. The highest BCUT2D eigenvalue weighted by molar-refractivity contribution is 14.0. The summed E-state index contributed by atoms with van der Waals surface area (Å²) in [4.78, 5) is 9.42. The molecule has 1 atom stereocenters. The summed E-state index contributed by atoms with van der Waals surface area (Å²) in [5.41, 5.74) is 3.05. The summed E-state index contributed by atoms with van der Waals surface area (Å²) in [7, 11) is 5.27. The minimum atomic E-state index is 0. The number of aliphatic imine (C=N–C) groups is 1. The molecule has 0 saturated carbocycles. The third-order valence-electron chi connectivity index (χ3n) is 6.64. The zero-order valence-corrected chi connectivity index (χ0v) is 20.7. The van der Waals surface area contributed by atoms with Crippen LogP contribution in [0, 0.1) is 5.41 Å². The molecule has 3 heterocycles. The fourth-order valence-corrected chi connectivity index (χ4v) is 4.88. The minimum Gasteiger partial charge on any atom is -0.493 e. The van der Waals surface area contributed by atoms with Crippen LogP contribution >= 0.6 is 24.0 Å². The second-order valence-electron chi connectivity index (χ2n) is 8.45. The Morgan fingerprint density at radius 3 is 2.60 bits per heavy atom. The molecule has 30 heavy (non-hydrogen) atoms. The Labute approximate surface area is 197 Å². The van der Waals surface area contributed by atoms with Crippen molar-refractivity contribution < 1.29 is 14.2 Å². The van der Waals surface area contributed by atoms with Crippen molar-refractivity contribution in [3.05, 3.63) is 23.3 Å². The maximum atomic E-state index is 5.65. The highest BCUT2D eigenvalue weighted by Crippen LogP contribution is 2.38. The lowest BCUT2D eigenvalue weighted by molar-refractivity contribution is 0.156. The standard InChI is InChI=1S/C22H34N4O3.HI/c1-23-21(26-9-5-22(15-26)6-11-29-16-22)24-7-10-25-8-4-17-12-19(27-2)20(28-3)13-18(17)14-25;/h12-13H,4-11,14-16H2,1-3H3,(H,23,24);1H. The number of methoxy groups -OCH3 is 2. The molecule has 1 N–H and O–H groups in total. The minimum absolute atomic E-state index is 0. The van der Waals surface area contributed by atoms with E-state index in [0.717, 1.165) is 76.4 Å². The molecule has 7 nitrogen and oxygen atoms in total. The number of rotatable bonds is 5. The Hall–Kier alpha value is -1.26. The van der Waals surface area contributed by atoms with Crippen LogP contribution in [0.3, 0.4) is 0 Å². The Bertz CT molecular complexity index is 752. The molecule has 1 spiro atoms. The van der Waals surface area contributed by atoms with Crippen LogP contribution in [-0.2, 0) is 17.7 Å². The molecule has 1 aromatic rings. The molecule has 168 valence electrons. The van der Waals surface area contributed by atoms with Crippen LogP contribution in [-0.4, -0.2) is 83.0 Å². The molecule has 0 bridgehead atoms. The van der Waals surface area contributed by atoms with Crippen molar-refractivity contribution in [3.8, 4) is 11.5 Å². The average Bonchev–Trinajstić information content (AvgIpc) is 3.39. The van der Waals surface area contributed by atoms with Gasteiger partial charge in [-0.15, -0.1) is 24.0 Å². The molecule has 0 aliphatic carbocycles.